The second kappa shape index (κ2) is 6.40. The summed E-state index contributed by atoms with van der Waals surface area (Å²) in [5.74, 6) is 0. The molecule has 3 atom stereocenters. The first-order chi connectivity index (χ1) is 9.08. The van der Waals surface area contributed by atoms with Crippen LogP contribution >= 0.6 is 0 Å². The Bertz CT molecular complexity index is 367. The monoisotopic (exact) mass is 261 g/mol. The van der Waals surface area contributed by atoms with Crippen molar-refractivity contribution in [3.05, 3.63) is 30.3 Å². The molecule has 0 bridgehead atoms. The molecule has 3 unspecified atom stereocenters. The molecule has 2 rings (SSSR count). The highest BCUT2D eigenvalue weighted by atomic mass is 15.3. The molecule has 0 saturated carbocycles. The Morgan fingerprint density at radius 3 is 2.32 bits per heavy atom. The van der Waals surface area contributed by atoms with Gasteiger partial charge in [0.15, 0.2) is 0 Å². The summed E-state index contributed by atoms with van der Waals surface area (Å²) < 4.78 is 0. The third kappa shape index (κ3) is 3.71. The molecule has 0 radical (unpaired) electrons. The van der Waals surface area contributed by atoms with Gasteiger partial charge in [0, 0.05) is 43.4 Å². The van der Waals surface area contributed by atoms with Crippen molar-refractivity contribution in [1.82, 2.24) is 9.80 Å². The zero-order valence-electron chi connectivity index (χ0n) is 12.6. The molecule has 1 N–H and O–H groups in total. The van der Waals surface area contributed by atoms with Crippen LogP contribution in [-0.4, -0.2) is 54.6 Å². The van der Waals surface area contributed by atoms with Gasteiger partial charge in [-0.15, -0.1) is 0 Å². The quantitative estimate of drug-likeness (QED) is 0.898. The van der Waals surface area contributed by atoms with Gasteiger partial charge < -0.3 is 5.32 Å². The molecule has 1 aromatic rings. The van der Waals surface area contributed by atoms with Gasteiger partial charge in [-0.1, -0.05) is 18.2 Å². The third-order valence-electron chi connectivity index (χ3n) is 4.39. The Morgan fingerprint density at radius 2 is 1.74 bits per heavy atom. The van der Waals surface area contributed by atoms with Gasteiger partial charge in [0.1, 0.15) is 0 Å². The Balaban J connectivity index is 1.85. The lowest BCUT2D eigenvalue weighted by molar-refractivity contribution is 0.0411. The van der Waals surface area contributed by atoms with E-state index in [1.807, 2.05) is 0 Å². The fraction of sp³-hybridized carbons (Fsp3) is 0.625. The molecular formula is C16H27N3. The lowest BCUT2D eigenvalue weighted by Gasteiger charge is -2.45. The summed E-state index contributed by atoms with van der Waals surface area (Å²) in [7, 11) is 2.24. The normalized spacial score (nSPS) is 27.2. The van der Waals surface area contributed by atoms with E-state index < -0.39 is 0 Å². The van der Waals surface area contributed by atoms with Gasteiger partial charge in [0.05, 0.1) is 0 Å². The molecule has 3 heteroatoms. The summed E-state index contributed by atoms with van der Waals surface area (Å²) in [6.45, 7) is 10.3. The Labute approximate surface area is 117 Å². The Morgan fingerprint density at radius 1 is 1.16 bits per heavy atom. The summed E-state index contributed by atoms with van der Waals surface area (Å²) in [6, 6.07) is 12.3. The van der Waals surface area contributed by atoms with Crippen molar-refractivity contribution in [3.63, 3.8) is 0 Å². The van der Waals surface area contributed by atoms with Crippen molar-refractivity contribution < 1.29 is 0 Å². The summed E-state index contributed by atoms with van der Waals surface area (Å²) >= 11 is 0. The van der Waals surface area contributed by atoms with Crippen LogP contribution in [0, 0.1) is 0 Å². The number of nitrogens with one attached hydrogen (secondary N) is 1. The maximum atomic E-state index is 3.53. The van der Waals surface area contributed by atoms with Crippen LogP contribution in [-0.2, 0) is 0 Å². The van der Waals surface area contributed by atoms with Crippen molar-refractivity contribution in [1.29, 1.82) is 0 Å². The van der Waals surface area contributed by atoms with Crippen LogP contribution in [0.25, 0.3) is 0 Å². The first-order valence-electron chi connectivity index (χ1n) is 7.33. The van der Waals surface area contributed by atoms with Gasteiger partial charge in [-0.05, 0) is 40.0 Å². The lowest BCUT2D eigenvalue weighted by Crippen LogP contribution is -2.58. The Hall–Kier alpha value is -1.06. The van der Waals surface area contributed by atoms with E-state index >= 15 is 0 Å². The largest absolute Gasteiger partial charge is 0.383 e. The predicted octanol–water partition coefficient (Wildman–Crippen LogP) is 2.51. The highest BCUT2D eigenvalue weighted by Crippen LogP contribution is 2.16. The highest BCUT2D eigenvalue weighted by molar-refractivity contribution is 5.42. The van der Waals surface area contributed by atoms with Crippen LogP contribution in [0.2, 0.25) is 0 Å². The number of hydrogen-bond donors (Lipinski definition) is 1. The molecule has 1 heterocycles. The zero-order chi connectivity index (χ0) is 13.8. The average Bonchev–Trinajstić information content (AvgIpc) is 2.42. The summed E-state index contributed by atoms with van der Waals surface area (Å²) in [6.07, 6.45) is 0. The second-order valence-corrected chi connectivity index (χ2v) is 5.91. The number of benzene rings is 1. The standard InChI is InChI=1S/C16H27N3/c1-13(10-17-16-8-6-5-7-9-16)19-11-14(2)18(4)15(3)12-19/h5-9,13-15,17H,10-12H2,1-4H3. The fourth-order valence-corrected chi connectivity index (χ4v) is 2.76. The number of hydrogen-bond acceptors (Lipinski definition) is 3. The van der Waals surface area contributed by atoms with Gasteiger partial charge in [0.2, 0.25) is 0 Å². The summed E-state index contributed by atoms with van der Waals surface area (Å²) in [5, 5.41) is 3.53. The molecule has 1 aliphatic rings. The molecule has 1 saturated heterocycles. The van der Waals surface area contributed by atoms with E-state index in [-0.39, 0.29) is 0 Å². The molecule has 0 spiro atoms. The van der Waals surface area contributed by atoms with Gasteiger partial charge in [-0.25, -0.2) is 0 Å². The second-order valence-electron chi connectivity index (χ2n) is 5.91. The SMILES string of the molecule is CC(CNc1ccccc1)N1CC(C)N(C)C(C)C1. The number of rotatable bonds is 4. The molecule has 0 amide bonds. The van der Waals surface area contributed by atoms with Crippen molar-refractivity contribution in [2.24, 2.45) is 0 Å². The van der Waals surface area contributed by atoms with Crippen molar-refractivity contribution in [2.45, 2.75) is 38.9 Å². The number of anilines is 1. The van der Waals surface area contributed by atoms with E-state index in [1.54, 1.807) is 0 Å². The predicted molar refractivity (Wildman–Crippen MR) is 82.7 cm³/mol. The van der Waals surface area contributed by atoms with Crippen molar-refractivity contribution >= 4 is 5.69 Å². The molecular weight excluding hydrogens is 234 g/mol. The van der Waals surface area contributed by atoms with Crippen LogP contribution < -0.4 is 5.32 Å². The third-order valence-corrected chi connectivity index (χ3v) is 4.39. The highest BCUT2D eigenvalue weighted by Gasteiger charge is 2.28. The topological polar surface area (TPSA) is 18.5 Å². The molecule has 106 valence electrons. The average molecular weight is 261 g/mol. The molecule has 0 aromatic heterocycles. The lowest BCUT2D eigenvalue weighted by atomic mass is 10.1. The van der Waals surface area contributed by atoms with E-state index in [0.29, 0.717) is 18.1 Å². The number of para-hydroxylation sites is 1. The molecule has 1 fully saturated rings. The minimum Gasteiger partial charge on any atom is -0.383 e. The number of piperazine rings is 1. The summed E-state index contributed by atoms with van der Waals surface area (Å²) in [4.78, 5) is 5.08. The van der Waals surface area contributed by atoms with Crippen LogP contribution in [0.5, 0.6) is 0 Å². The minimum atomic E-state index is 0.568. The van der Waals surface area contributed by atoms with E-state index in [2.05, 4.69) is 73.3 Å². The molecule has 0 aliphatic carbocycles. The molecule has 1 aliphatic heterocycles. The van der Waals surface area contributed by atoms with Crippen molar-refractivity contribution in [2.75, 3.05) is 32.0 Å². The van der Waals surface area contributed by atoms with E-state index in [4.69, 9.17) is 0 Å². The van der Waals surface area contributed by atoms with E-state index in [9.17, 15) is 0 Å². The van der Waals surface area contributed by atoms with Crippen LogP contribution in [0.4, 0.5) is 5.69 Å². The Kier molecular flexibility index (Phi) is 4.83. The van der Waals surface area contributed by atoms with Gasteiger partial charge >= 0.3 is 0 Å². The molecule has 19 heavy (non-hydrogen) atoms. The maximum Gasteiger partial charge on any atom is 0.0340 e. The van der Waals surface area contributed by atoms with Gasteiger partial charge in [-0.3, -0.25) is 9.80 Å². The van der Waals surface area contributed by atoms with Gasteiger partial charge in [-0.2, -0.15) is 0 Å². The molecule has 3 nitrogen and oxygen atoms in total. The smallest absolute Gasteiger partial charge is 0.0340 e. The van der Waals surface area contributed by atoms with Gasteiger partial charge in [0.25, 0.3) is 0 Å². The number of likely N-dealkylation sites (N-methyl/N-ethyl adjacent to an activating group) is 1. The summed E-state index contributed by atoms with van der Waals surface area (Å²) in [5.41, 5.74) is 1.21. The van der Waals surface area contributed by atoms with Crippen LogP contribution in [0.1, 0.15) is 20.8 Å². The fourth-order valence-electron chi connectivity index (χ4n) is 2.76. The first kappa shape index (κ1) is 14.4. The maximum absolute atomic E-state index is 3.53. The molecule has 1 aromatic carbocycles. The zero-order valence-corrected chi connectivity index (χ0v) is 12.6. The minimum absolute atomic E-state index is 0.568. The first-order valence-corrected chi connectivity index (χ1v) is 7.33. The van der Waals surface area contributed by atoms with Crippen molar-refractivity contribution in [3.8, 4) is 0 Å². The van der Waals surface area contributed by atoms with Crippen LogP contribution in [0.15, 0.2) is 30.3 Å². The van der Waals surface area contributed by atoms with E-state index in [0.717, 1.165) is 6.54 Å². The van der Waals surface area contributed by atoms with E-state index in [1.165, 1.54) is 18.8 Å². The van der Waals surface area contributed by atoms with Crippen LogP contribution in [0.3, 0.4) is 0 Å². The number of nitrogens with zero attached hydrogens (tertiary/aromatic N) is 2.